The smallest absolute Gasteiger partial charge is 0.227 e. The lowest BCUT2D eigenvalue weighted by molar-refractivity contribution is -0.129. The Balaban J connectivity index is 1.76. The SMILES string of the molecule is O=C(Cc1c[nH]c2ccccc12)N1CC(O)C(O)C1. The highest BCUT2D eigenvalue weighted by Gasteiger charge is 2.32. The number of para-hydroxylation sites is 1. The van der Waals surface area contributed by atoms with E-state index >= 15 is 0 Å². The molecule has 3 rings (SSSR count). The van der Waals surface area contributed by atoms with E-state index in [1.165, 1.54) is 4.90 Å². The normalized spacial score (nSPS) is 23.2. The Morgan fingerprint density at radius 3 is 2.68 bits per heavy atom. The third-order valence-electron chi connectivity index (χ3n) is 3.63. The number of nitrogens with one attached hydrogen (secondary N) is 1. The summed E-state index contributed by atoms with van der Waals surface area (Å²) in [6, 6.07) is 7.82. The van der Waals surface area contributed by atoms with Gasteiger partial charge in [-0.05, 0) is 11.6 Å². The summed E-state index contributed by atoms with van der Waals surface area (Å²) in [5.41, 5.74) is 1.95. The van der Waals surface area contributed by atoms with Crippen molar-refractivity contribution < 1.29 is 15.0 Å². The van der Waals surface area contributed by atoms with Gasteiger partial charge in [-0.25, -0.2) is 0 Å². The molecule has 5 nitrogen and oxygen atoms in total. The Hall–Kier alpha value is -1.85. The van der Waals surface area contributed by atoms with Gasteiger partial charge in [0.15, 0.2) is 0 Å². The van der Waals surface area contributed by atoms with Crippen LogP contribution in [0, 0.1) is 0 Å². The summed E-state index contributed by atoms with van der Waals surface area (Å²) in [4.78, 5) is 16.8. The van der Waals surface area contributed by atoms with Crippen molar-refractivity contribution in [2.45, 2.75) is 18.6 Å². The number of aromatic nitrogens is 1. The van der Waals surface area contributed by atoms with Gasteiger partial charge in [-0.1, -0.05) is 18.2 Å². The van der Waals surface area contributed by atoms with Crippen LogP contribution in [0.2, 0.25) is 0 Å². The molecule has 1 saturated heterocycles. The minimum Gasteiger partial charge on any atom is -0.388 e. The van der Waals surface area contributed by atoms with Crippen LogP contribution in [0.25, 0.3) is 10.9 Å². The molecule has 1 aliphatic heterocycles. The summed E-state index contributed by atoms with van der Waals surface area (Å²) in [6.45, 7) is 0.421. The van der Waals surface area contributed by atoms with E-state index in [1.54, 1.807) is 0 Å². The molecule has 1 fully saturated rings. The van der Waals surface area contributed by atoms with Crippen LogP contribution in [0.15, 0.2) is 30.5 Å². The van der Waals surface area contributed by atoms with Gasteiger partial charge >= 0.3 is 0 Å². The number of hydrogen-bond acceptors (Lipinski definition) is 3. The largest absolute Gasteiger partial charge is 0.388 e. The Kier molecular flexibility index (Phi) is 3.00. The summed E-state index contributed by atoms with van der Waals surface area (Å²) in [7, 11) is 0. The minimum atomic E-state index is -0.827. The first kappa shape index (κ1) is 12.2. The standard InChI is InChI=1S/C14H16N2O3/c17-12-7-16(8-13(12)18)14(19)5-9-6-15-11-4-2-1-3-10(9)11/h1-4,6,12-13,15,17-18H,5,7-8H2. The molecule has 1 aliphatic rings. The average molecular weight is 260 g/mol. The number of aliphatic hydroxyl groups is 2. The van der Waals surface area contributed by atoms with Gasteiger partial charge in [-0.2, -0.15) is 0 Å². The number of carbonyl (C=O) groups excluding carboxylic acids is 1. The summed E-state index contributed by atoms with van der Waals surface area (Å²) >= 11 is 0. The summed E-state index contributed by atoms with van der Waals surface area (Å²) in [5.74, 6) is -0.0691. The summed E-state index contributed by atoms with van der Waals surface area (Å²) < 4.78 is 0. The molecular formula is C14H16N2O3. The molecule has 2 heterocycles. The van der Waals surface area contributed by atoms with Gasteiger partial charge in [0.25, 0.3) is 0 Å². The first-order valence-corrected chi connectivity index (χ1v) is 6.34. The quantitative estimate of drug-likeness (QED) is 0.725. The Morgan fingerprint density at radius 2 is 1.95 bits per heavy atom. The number of amides is 1. The molecule has 19 heavy (non-hydrogen) atoms. The van der Waals surface area contributed by atoms with Crippen LogP contribution in [0.3, 0.4) is 0 Å². The second-order valence-electron chi connectivity index (χ2n) is 4.97. The zero-order valence-electron chi connectivity index (χ0n) is 10.4. The number of hydrogen-bond donors (Lipinski definition) is 3. The minimum absolute atomic E-state index is 0.0691. The molecule has 0 spiro atoms. The maximum Gasteiger partial charge on any atom is 0.227 e. The third kappa shape index (κ3) is 2.22. The monoisotopic (exact) mass is 260 g/mol. The average Bonchev–Trinajstić information content (AvgIpc) is 2.95. The lowest BCUT2D eigenvalue weighted by Crippen LogP contribution is -2.31. The van der Waals surface area contributed by atoms with Gasteiger partial charge < -0.3 is 20.1 Å². The second-order valence-corrected chi connectivity index (χ2v) is 4.97. The number of carbonyl (C=O) groups is 1. The zero-order valence-corrected chi connectivity index (χ0v) is 10.4. The predicted octanol–water partition coefficient (Wildman–Crippen LogP) is 0.274. The lowest BCUT2D eigenvalue weighted by atomic mass is 10.1. The van der Waals surface area contributed by atoms with E-state index in [0.29, 0.717) is 0 Å². The molecule has 2 unspecified atom stereocenters. The van der Waals surface area contributed by atoms with Crippen LogP contribution in [0.1, 0.15) is 5.56 Å². The molecule has 0 radical (unpaired) electrons. The van der Waals surface area contributed by atoms with Crippen molar-refractivity contribution in [1.29, 1.82) is 0 Å². The maximum absolute atomic E-state index is 12.1. The maximum atomic E-state index is 12.1. The summed E-state index contributed by atoms with van der Waals surface area (Å²) in [6.07, 6.45) is 0.466. The van der Waals surface area contributed by atoms with Gasteiger partial charge in [-0.15, -0.1) is 0 Å². The van der Waals surface area contributed by atoms with E-state index < -0.39 is 12.2 Å². The van der Waals surface area contributed by atoms with Gasteiger partial charge in [0, 0.05) is 30.2 Å². The molecule has 1 aromatic carbocycles. The first-order valence-electron chi connectivity index (χ1n) is 6.34. The van der Waals surface area contributed by atoms with Gasteiger partial charge in [0.2, 0.25) is 5.91 Å². The van der Waals surface area contributed by atoms with E-state index in [4.69, 9.17) is 0 Å². The van der Waals surface area contributed by atoms with E-state index in [1.807, 2.05) is 30.5 Å². The number of fused-ring (bicyclic) bond motifs is 1. The highest BCUT2D eigenvalue weighted by atomic mass is 16.3. The van der Waals surface area contributed by atoms with Gasteiger partial charge in [-0.3, -0.25) is 4.79 Å². The molecule has 2 aromatic rings. The molecule has 0 bridgehead atoms. The van der Waals surface area contributed by atoms with Crippen molar-refractivity contribution in [3.05, 3.63) is 36.0 Å². The van der Waals surface area contributed by atoms with Crippen molar-refractivity contribution in [1.82, 2.24) is 9.88 Å². The van der Waals surface area contributed by atoms with Crippen LogP contribution in [0.4, 0.5) is 0 Å². The Labute approximate surface area is 110 Å². The number of aromatic amines is 1. The van der Waals surface area contributed by atoms with Crippen LogP contribution in [-0.4, -0.2) is 51.3 Å². The summed E-state index contributed by atoms with van der Waals surface area (Å²) in [5, 5.41) is 20.0. The number of likely N-dealkylation sites (tertiary alicyclic amines) is 1. The van der Waals surface area contributed by atoms with Gasteiger partial charge in [0.1, 0.15) is 0 Å². The first-order chi connectivity index (χ1) is 9.15. The Bertz CT molecular complexity index is 598. The predicted molar refractivity (Wildman–Crippen MR) is 70.6 cm³/mol. The topological polar surface area (TPSA) is 76.6 Å². The van der Waals surface area contributed by atoms with E-state index in [9.17, 15) is 15.0 Å². The van der Waals surface area contributed by atoms with Crippen molar-refractivity contribution >= 4 is 16.8 Å². The zero-order chi connectivity index (χ0) is 13.4. The van der Waals surface area contributed by atoms with Crippen LogP contribution in [-0.2, 0) is 11.2 Å². The molecule has 3 N–H and O–H groups in total. The number of benzene rings is 1. The van der Waals surface area contributed by atoms with Crippen LogP contribution >= 0.6 is 0 Å². The number of rotatable bonds is 2. The van der Waals surface area contributed by atoms with Crippen molar-refractivity contribution in [3.63, 3.8) is 0 Å². The number of nitrogens with zero attached hydrogens (tertiary/aromatic N) is 1. The number of H-pyrrole nitrogens is 1. The van der Waals surface area contributed by atoms with Crippen molar-refractivity contribution in [2.75, 3.05) is 13.1 Å². The third-order valence-corrected chi connectivity index (χ3v) is 3.63. The van der Waals surface area contributed by atoms with E-state index in [2.05, 4.69) is 4.98 Å². The molecule has 1 amide bonds. The van der Waals surface area contributed by atoms with Gasteiger partial charge in [0.05, 0.1) is 18.6 Å². The van der Waals surface area contributed by atoms with E-state index in [-0.39, 0.29) is 25.4 Å². The van der Waals surface area contributed by atoms with Crippen molar-refractivity contribution in [3.8, 4) is 0 Å². The molecule has 1 aromatic heterocycles. The fourth-order valence-corrected chi connectivity index (χ4v) is 2.53. The fraction of sp³-hybridized carbons (Fsp3) is 0.357. The highest BCUT2D eigenvalue weighted by Crippen LogP contribution is 2.20. The molecule has 5 heteroatoms. The fourth-order valence-electron chi connectivity index (χ4n) is 2.53. The van der Waals surface area contributed by atoms with Crippen molar-refractivity contribution in [2.24, 2.45) is 0 Å². The molecule has 0 aliphatic carbocycles. The molecular weight excluding hydrogens is 244 g/mol. The van der Waals surface area contributed by atoms with E-state index in [0.717, 1.165) is 16.5 Å². The van der Waals surface area contributed by atoms with Crippen LogP contribution < -0.4 is 0 Å². The molecule has 0 saturated carbocycles. The number of aliphatic hydroxyl groups excluding tert-OH is 2. The van der Waals surface area contributed by atoms with Crippen LogP contribution in [0.5, 0.6) is 0 Å². The Morgan fingerprint density at radius 1 is 1.26 bits per heavy atom. The number of β-amino-alcohol motifs (C(OH)–C–C–N with tert-alkyl or cyclic N) is 2. The second kappa shape index (κ2) is 4.68. The molecule has 2 atom stereocenters. The lowest BCUT2D eigenvalue weighted by Gasteiger charge is -2.14. The molecule has 100 valence electrons. The highest BCUT2D eigenvalue weighted by molar-refractivity contribution is 5.89.